The number of hydrogen-bond donors (Lipinski definition) is 3. The van der Waals surface area contributed by atoms with E-state index in [2.05, 4.69) is 21.2 Å². The minimum absolute atomic E-state index is 0.265. The third-order valence-corrected chi connectivity index (χ3v) is 5.87. The summed E-state index contributed by atoms with van der Waals surface area (Å²) in [6.07, 6.45) is 3.51. The molecule has 3 aromatic rings. The summed E-state index contributed by atoms with van der Waals surface area (Å²) in [7, 11) is 4.66. The predicted octanol–water partition coefficient (Wildman–Crippen LogP) is 2.52. The average molecular weight is 506 g/mol. The van der Waals surface area contributed by atoms with Crippen LogP contribution in [-0.4, -0.2) is 49.5 Å². The summed E-state index contributed by atoms with van der Waals surface area (Å²) in [4.78, 5) is 36.7. The Morgan fingerprint density at radius 2 is 1.95 bits per heavy atom. The first-order valence-corrected chi connectivity index (χ1v) is 11.4. The van der Waals surface area contributed by atoms with Crippen LogP contribution in [0.5, 0.6) is 11.5 Å². The van der Waals surface area contributed by atoms with Gasteiger partial charge in [-0.25, -0.2) is 15.0 Å². The summed E-state index contributed by atoms with van der Waals surface area (Å²) in [5.41, 5.74) is 5.61. The van der Waals surface area contributed by atoms with Gasteiger partial charge in [0, 0.05) is 35.4 Å². The number of nitrogens with one attached hydrogen (secondary N) is 3. The molecule has 1 aliphatic heterocycles. The highest BCUT2D eigenvalue weighted by molar-refractivity contribution is 5.99. The van der Waals surface area contributed by atoms with Crippen molar-refractivity contribution in [3.8, 4) is 11.5 Å². The summed E-state index contributed by atoms with van der Waals surface area (Å²) in [6, 6.07) is 11.6. The number of ether oxygens (including phenoxy) is 3. The van der Waals surface area contributed by atoms with Gasteiger partial charge in [-0.2, -0.15) is 5.10 Å². The van der Waals surface area contributed by atoms with Crippen molar-refractivity contribution in [1.29, 1.82) is 0 Å². The molecule has 2 aromatic carbocycles. The van der Waals surface area contributed by atoms with E-state index in [-0.39, 0.29) is 12.2 Å². The Morgan fingerprint density at radius 3 is 2.70 bits per heavy atom. The van der Waals surface area contributed by atoms with Gasteiger partial charge in [0.25, 0.3) is 5.91 Å². The van der Waals surface area contributed by atoms with Gasteiger partial charge in [-0.3, -0.25) is 4.79 Å². The normalized spacial score (nSPS) is 15.4. The molecular formula is C26H27N5O6. The van der Waals surface area contributed by atoms with Crippen molar-refractivity contribution in [3.63, 3.8) is 0 Å². The van der Waals surface area contributed by atoms with Crippen molar-refractivity contribution in [2.45, 2.75) is 13.0 Å². The van der Waals surface area contributed by atoms with Gasteiger partial charge in [0.2, 0.25) is 0 Å². The molecule has 11 nitrogen and oxygen atoms in total. The summed E-state index contributed by atoms with van der Waals surface area (Å²) < 4.78 is 17.9. The molecule has 0 saturated carbocycles. The maximum Gasteiger partial charge on any atom is 0.337 e. The zero-order valence-electron chi connectivity index (χ0n) is 20.8. The Balaban J connectivity index is 1.43. The van der Waals surface area contributed by atoms with Crippen molar-refractivity contribution in [2.75, 3.05) is 20.8 Å². The fourth-order valence-corrected chi connectivity index (χ4v) is 4.13. The number of carbonyl (C=O) groups is 3. The Bertz CT molecular complexity index is 1420. The number of aryl methyl sites for hydroxylation is 1. The van der Waals surface area contributed by atoms with Gasteiger partial charge in [-0.1, -0.05) is 24.3 Å². The summed E-state index contributed by atoms with van der Waals surface area (Å²) in [5, 5.41) is 10.3. The van der Waals surface area contributed by atoms with Crippen LogP contribution in [0, 0.1) is 0 Å². The number of benzene rings is 2. The first kappa shape index (κ1) is 25.3. The van der Waals surface area contributed by atoms with E-state index in [1.54, 1.807) is 31.3 Å². The van der Waals surface area contributed by atoms with Crippen LogP contribution in [0.3, 0.4) is 0 Å². The van der Waals surface area contributed by atoms with Crippen LogP contribution < -0.4 is 25.5 Å². The van der Waals surface area contributed by atoms with E-state index in [9.17, 15) is 14.4 Å². The Kier molecular flexibility index (Phi) is 7.42. The van der Waals surface area contributed by atoms with E-state index in [1.807, 2.05) is 42.1 Å². The molecule has 3 N–H and O–H groups in total. The third kappa shape index (κ3) is 5.40. The van der Waals surface area contributed by atoms with Gasteiger partial charge in [0.1, 0.15) is 0 Å². The number of para-hydroxylation sites is 1. The highest BCUT2D eigenvalue weighted by atomic mass is 16.5. The molecule has 0 saturated heterocycles. The molecule has 0 fully saturated rings. The number of aromatic nitrogens is 1. The van der Waals surface area contributed by atoms with E-state index in [0.717, 1.165) is 16.5 Å². The predicted molar refractivity (Wildman–Crippen MR) is 136 cm³/mol. The van der Waals surface area contributed by atoms with E-state index in [0.29, 0.717) is 22.8 Å². The van der Waals surface area contributed by atoms with Crippen LogP contribution in [0.1, 0.15) is 24.1 Å². The van der Waals surface area contributed by atoms with Crippen molar-refractivity contribution in [1.82, 2.24) is 20.6 Å². The molecule has 0 unspecified atom stereocenters. The van der Waals surface area contributed by atoms with Gasteiger partial charge in [-0.15, -0.1) is 0 Å². The number of nitrogens with zero attached hydrogens (tertiary/aromatic N) is 2. The monoisotopic (exact) mass is 505 g/mol. The van der Waals surface area contributed by atoms with Crippen LogP contribution in [0.15, 0.2) is 65.0 Å². The maximum atomic E-state index is 12.3. The van der Waals surface area contributed by atoms with E-state index in [4.69, 9.17) is 14.2 Å². The number of esters is 1. The number of fused-ring (bicyclic) bond motifs is 1. The number of amides is 3. The highest BCUT2D eigenvalue weighted by Crippen LogP contribution is 2.34. The van der Waals surface area contributed by atoms with Gasteiger partial charge in [0.05, 0.1) is 32.0 Å². The highest BCUT2D eigenvalue weighted by Gasteiger charge is 2.32. The van der Waals surface area contributed by atoms with E-state index >= 15 is 0 Å². The number of rotatable bonds is 8. The third-order valence-electron chi connectivity index (χ3n) is 5.87. The van der Waals surface area contributed by atoms with Gasteiger partial charge in [-0.05, 0) is 30.7 Å². The standard InChI is InChI=1S/C26H27N5O6/c1-15-23(25(33)36-4)24(29-26(34)28-15)16-9-10-20(21(11-16)35-3)37-14-22(32)30-27-12-17-13-31(2)19-8-6-5-7-18(17)19/h5-13,24H,14H2,1-4H3,(H,30,32)(H2,28,29,34)/b27-12-/t24-/m0/s1. The van der Waals surface area contributed by atoms with Crippen molar-refractivity contribution < 1.29 is 28.6 Å². The topological polar surface area (TPSA) is 132 Å². The van der Waals surface area contributed by atoms with Crippen molar-refractivity contribution in [3.05, 3.63) is 71.1 Å². The van der Waals surface area contributed by atoms with E-state index in [1.165, 1.54) is 14.2 Å². The molecule has 2 heterocycles. The molecule has 0 spiro atoms. The lowest BCUT2D eigenvalue weighted by atomic mass is 9.95. The van der Waals surface area contributed by atoms with Crippen LogP contribution in [0.2, 0.25) is 0 Å². The largest absolute Gasteiger partial charge is 0.493 e. The van der Waals surface area contributed by atoms with Gasteiger partial charge < -0.3 is 29.4 Å². The molecule has 1 aromatic heterocycles. The molecule has 0 radical (unpaired) electrons. The lowest BCUT2D eigenvalue weighted by molar-refractivity contribution is -0.136. The molecule has 0 bridgehead atoms. The molecule has 37 heavy (non-hydrogen) atoms. The quantitative estimate of drug-likeness (QED) is 0.245. The minimum Gasteiger partial charge on any atom is -0.493 e. The molecule has 1 aliphatic rings. The first-order valence-electron chi connectivity index (χ1n) is 11.4. The second kappa shape index (κ2) is 10.9. The number of urea groups is 1. The fraction of sp³-hybridized carbons (Fsp3) is 0.231. The fourth-order valence-electron chi connectivity index (χ4n) is 4.13. The lowest BCUT2D eigenvalue weighted by Crippen LogP contribution is -2.45. The minimum atomic E-state index is -0.754. The van der Waals surface area contributed by atoms with Crippen molar-refractivity contribution >= 4 is 35.0 Å². The van der Waals surface area contributed by atoms with Gasteiger partial charge >= 0.3 is 12.0 Å². The summed E-state index contributed by atoms with van der Waals surface area (Å²) in [5.74, 6) is -0.408. The summed E-state index contributed by atoms with van der Waals surface area (Å²) in [6.45, 7) is 1.31. The number of hydrogen-bond acceptors (Lipinski definition) is 7. The number of carbonyl (C=O) groups excluding carboxylic acids is 3. The Morgan fingerprint density at radius 1 is 1.16 bits per heavy atom. The van der Waals surface area contributed by atoms with E-state index < -0.39 is 23.9 Å². The molecule has 4 rings (SSSR count). The number of allylic oxidation sites excluding steroid dienone is 1. The average Bonchev–Trinajstić information content (AvgIpc) is 3.21. The number of hydrazone groups is 1. The first-order chi connectivity index (χ1) is 17.8. The molecule has 1 atom stereocenters. The zero-order chi connectivity index (χ0) is 26.5. The van der Waals surface area contributed by atoms with Crippen LogP contribution in [0.25, 0.3) is 10.9 Å². The Hall–Kier alpha value is -4.80. The number of methoxy groups -OCH3 is 2. The lowest BCUT2D eigenvalue weighted by Gasteiger charge is -2.28. The SMILES string of the molecule is COC(=O)C1=C(C)NC(=O)N[C@H]1c1ccc(OCC(=O)N/N=C\c2cn(C)c3ccccc23)c(OC)c1. The smallest absolute Gasteiger partial charge is 0.337 e. The van der Waals surface area contributed by atoms with Crippen molar-refractivity contribution in [2.24, 2.45) is 12.1 Å². The maximum absolute atomic E-state index is 12.3. The van der Waals surface area contributed by atoms with Crippen LogP contribution in [-0.2, 0) is 21.4 Å². The van der Waals surface area contributed by atoms with Gasteiger partial charge in [0.15, 0.2) is 18.1 Å². The van der Waals surface area contributed by atoms with Crippen LogP contribution in [0.4, 0.5) is 4.79 Å². The molecule has 3 amide bonds. The molecular weight excluding hydrogens is 478 g/mol. The summed E-state index contributed by atoms with van der Waals surface area (Å²) >= 11 is 0. The molecule has 11 heteroatoms. The zero-order valence-corrected chi connectivity index (χ0v) is 20.8. The second-order valence-corrected chi connectivity index (χ2v) is 8.27. The Labute approximate surface area is 213 Å². The molecule has 192 valence electrons. The molecule has 0 aliphatic carbocycles. The second-order valence-electron chi connectivity index (χ2n) is 8.27. The van der Waals surface area contributed by atoms with Crippen LogP contribution >= 0.6 is 0 Å².